The molecule has 0 spiro atoms. The molecule has 1 aromatic carbocycles. The van der Waals surface area contributed by atoms with Crippen LogP contribution in [-0.4, -0.2) is 9.78 Å². The summed E-state index contributed by atoms with van der Waals surface area (Å²) in [7, 11) is 0. The van der Waals surface area contributed by atoms with Gasteiger partial charge in [0.25, 0.3) is 0 Å². The van der Waals surface area contributed by atoms with Crippen molar-refractivity contribution in [3.63, 3.8) is 0 Å². The maximum atomic E-state index is 8.82. The topological polar surface area (TPSA) is 41.6 Å². The van der Waals surface area contributed by atoms with Gasteiger partial charge in [-0.2, -0.15) is 10.4 Å². The molecule has 0 radical (unpaired) electrons. The summed E-state index contributed by atoms with van der Waals surface area (Å²) >= 11 is 0. The third-order valence-corrected chi connectivity index (χ3v) is 3.68. The molecular weight excluding hydrogens is 222 g/mol. The van der Waals surface area contributed by atoms with Crippen LogP contribution in [0.5, 0.6) is 0 Å². The number of nitriles is 1. The molecule has 1 aromatic heterocycles. The molecule has 2 aromatic rings. The van der Waals surface area contributed by atoms with Gasteiger partial charge in [-0.1, -0.05) is 6.92 Å². The Hall–Kier alpha value is -2.08. The average Bonchev–Trinajstić information content (AvgIpc) is 2.84. The van der Waals surface area contributed by atoms with Gasteiger partial charge in [-0.3, -0.25) is 0 Å². The Labute approximate surface area is 107 Å². The van der Waals surface area contributed by atoms with E-state index in [1.165, 1.54) is 24.1 Å². The van der Waals surface area contributed by atoms with Crippen LogP contribution in [0.3, 0.4) is 0 Å². The third-order valence-electron chi connectivity index (χ3n) is 3.68. The summed E-state index contributed by atoms with van der Waals surface area (Å²) < 4.78 is 2.03. The second-order valence-electron chi connectivity index (χ2n) is 4.92. The van der Waals surface area contributed by atoms with E-state index in [9.17, 15) is 0 Å². The Balaban J connectivity index is 2.07. The number of nitrogens with zero attached hydrogens (tertiary/aromatic N) is 3. The second-order valence-corrected chi connectivity index (χ2v) is 4.92. The van der Waals surface area contributed by atoms with Crippen LogP contribution in [0.25, 0.3) is 5.69 Å². The van der Waals surface area contributed by atoms with Crippen LogP contribution in [0, 0.1) is 11.3 Å². The van der Waals surface area contributed by atoms with E-state index >= 15 is 0 Å². The molecule has 0 saturated carbocycles. The lowest BCUT2D eigenvalue weighted by molar-refractivity contribution is 0.561. The molecule has 3 rings (SSSR count). The molecule has 1 atom stereocenters. The van der Waals surface area contributed by atoms with Gasteiger partial charge < -0.3 is 0 Å². The summed E-state index contributed by atoms with van der Waals surface area (Å²) in [6, 6.07) is 9.76. The highest BCUT2D eigenvalue weighted by molar-refractivity contribution is 5.41. The zero-order valence-electron chi connectivity index (χ0n) is 10.4. The predicted octanol–water partition coefficient (Wildman–Crippen LogP) is 3.18. The first-order chi connectivity index (χ1) is 8.79. The fourth-order valence-corrected chi connectivity index (χ4v) is 2.73. The fraction of sp³-hybridized carbons (Fsp3) is 0.333. The van der Waals surface area contributed by atoms with Gasteiger partial charge in [0.15, 0.2) is 0 Å². The molecule has 0 bridgehead atoms. The molecule has 0 aliphatic heterocycles. The molecule has 90 valence electrons. The van der Waals surface area contributed by atoms with Gasteiger partial charge in [0, 0.05) is 0 Å². The van der Waals surface area contributed by atoms with Gasteiger partial charge in [0.2, 0.25) is 0 Å². The van der Waals surface area contributed by atoms with Crippen LogP contribution in [-0.2, 0) is 6.42 Å². The van der Waals surface area contributed by atoms with Crippen molar-refractivity contribution in [3.05, 3.63) is 47.3 Å². The van der Waals surface area contributed by atoms with E-state index in [4.69, 9.17) is 5.26 Å². The molecule has 1 aliphatic carbocycles. The smallest absolute Gasteiger partial charge is 0.0991 e. The Kier molecular flexibility index (Phi) is 2.64. The van der Waals surface area contributed by atoms with E-state index in [2.05, 4.69) is 18.1 Å². The second kappa shape index (κ2) is 4.30. The minimum atomic E-state index is 0.562. The van der Waals surface area contributed by atoms with Crippen LogP contribution in [0.1, 0.15) is 42.5 Å². The Bertz CT molecular complexity index is 602. The van der Waals surface area contributed by atoms with Crippen molar-refractivity contribution >= 4 is 0 Å². The van der Waals surface area contributed by atoms with Crippen LogP contribution < -0.4 is 0 Å². The SMILES string of the molecule is CC1CCCc2cnn(-c3ccc(C#N)cc3)c21. The molecule has 3 nitrogen and oxygen atoms in total. The Morgan fingerprint density at radius 3 is 2.83 bits per heavy atom. The van der Waals surface area contributed by atoms with Crippen LogP contribution >= 0.6 is 0 Å². The molecule has 0 N–H and O–H groups in total. The van der Waals surface area contributed by atoms with Crippen molar-refractivity contribution in [1.29, 1.82) is 5.26 Å². The fourth-order valence-electron chi connectivity index (χ4n) is 2.73. The number of hydrogen-bond donors (Lipinski definition) is 0. The summed E-state index contributed by atoms with van der Waals surface area (Å²) in [5.74, 6) is 0.562. The van der Waals surface area contributed by atoms with Crippen molar-refractivity contribution < 1.29 is 0 Å². The summed E-state index contributed by atoms with van der Waals surface area (Å²) in [5.41, 5.74) is 4.45. The lowest BCUT2D eigenvalue weighted by atomic mass is 9.89. The first kappa shape index (κ1) is 11.0. The number of rotatable bonds is 1. The summed E-state index contributed by atoms with van der Waals surface area (Å²) in [5, 5.41) is 13.3. The number of aryl methyl sites for hydroxylation is 1. The summed E-state index contributed by atoms with van der Waals surface area (Å²) in [6.45, 7) is 2.26. The molecule has 0 saturated heterocycles. The lowest BCUT2D eigenvalue weighted by Gasteiger charge is -2.20. The van der Waals surface area contributed by atoms with Gasteiger partial charge in [-0.05, 0) is 55.0 Å². The van der Waals surface area contributed by atoms with Crippen molar-refractivity contribution in [2.24, 2.45) is 0 Å². The van der Waals surface area contributed by atoms with E-state index in [1.54, 1.807) is 0 Å². The van der Waals surface area contributed by atoms with Crippen molar-refractivity contribution in [2.45, 2.75) is 32.1 Å². The van der Waals surface area contributed by atoms with E-state index in [0.717, 1.165) is 12.1 Å². The number of fused-ring (bicyclic) bond motifs is 1. The lowest BCUT2D eigenvalue weighted by Crippen LogP contribution is -2.11. The van der Waals surface area contributed by atoms with Crippen LogP contribution in [0.4, 0.5) is 0 Å². The van der Waals surface area contributed by atoms with Gasteiger partial charge >= 0.3 is 0 Å². The van der Waals surface area contributed by atoms with Gasteiger partial charge in [0.1, 0.15) is 0 Å². The van der Waals surface area contributed by atoms with Crippen molar-refractivity contribution in [2.75, 3.05) is 0 Å². The van der Waals surface area contributed by atoms with Gasteiger partial charge in [-0.15, -0.1) is 0 Å². The molecule has 3 heteroatoms. The first-order valence-electron chi connectivity index (χ1n) is 6.37. The van der Waals surface area contributed by atoms with E-state index < -0.39 is 0 Å². The highest BCUT2D eigenvalue weighted by atomic mass is 15.3. The molecule has 0 amide bonds. The van der Waals surface area contributed by atoms with Crippen molar-refractivity contribution in [3.8, 4) is 11.8 Å². The van der Waals surface area contributed by atoms with Crippen LogP contribution in [0.15, 0.2) is 30.5 Å². The van der Waals surface area contributed by atoms with E-state index in [1.807, 2.05) is 35.1 Å². The maximum absolute atomic E-state index is 8.82. The molecule has 1 unspecified atom stereocenters. The largest absolute Gasteiger partial charge is 0.237 e. The average molecular weight is 237 g/mol. The third kappa shape index (κ3) is 1.70. The number of benzene rings is 1. The maximum Gasteiger partial charge on any atom is 0.0991 e. The summed E-state index contributed by atoms with van der Waals surface area (Å²) in [6.07, 6.45) is 5.61. The monoisotopic (exact) mass is 237 g/mol. The molecule has 1 heterocycles. The van der Waals surface area contributed by atoms with Gasteiger partial charge in [-0.25, -0.2) is 4.68 Å². The van der Waals surface area contributed by atoms with Crippen molar-refractivity contribution in [1.82, 2.24) is 9.78 Å². The number of hydrogen-bond acceptors (Lipinski definition) is 2. The molecule has 18 heavy (non-hydrogen) atoms. The van der Waals surface area contributed by atoms with Crippen LogP contribution in [0.2, 0.25) is 0 Å². The number of aromatic nitrogens is 2. The Morgan fingerprint density at radius 1 is 1.33 bits per heavy atom. The standard InChI is InChI=1S/C15H15N3/c1-11-3-2-4-13-10-17-18(15(11)13)14-7-5-12(9-16)6-8-14/h5-8,10-11H,2-4H2,1H3. The summed E-state index contributed by atoms with van der Waals surface area (Å²) in [4.78, 5) is 0. The first-order valence-corrected chi connectivity index (χ1v) is 6.37. The van der Waals surface area contributed by atoms with E-state index in [0.29, 0.717) is 11.5 Å². The molecular formula is C15H15N3. The van der Waals surface area contributed by atoms with E-state index in [-0.39, 0.29) is 0 Å². The molecule has 1 aliphatic rings. The normalized spacial score (nSPS) is 18.1. The predicted molar refractivity (Wildman–Crippen MR) is 69.6 cm³/mol. The highest BCUT2D eigenvalue weighted by Crippen LogP contribution is 2.32. The zero-order chi connectivity index (χ0) is 12.5. The highest BCUT2D eigenvalue weighted by Gasteiger charge is 2.22. The van der Waals surface area contributed by atoms with Gasteiger partial charge in [0.05, 0.1) is 29.2 Å². The Morgan fingerprint density at radius 2 is 2.11 bits per heavy atom. The zero-order valence-corrected chi connectivity index (χ0v) is 10.4. The molecule has 0 fully saturated rings. The quantitative estimate of drug-likeness (QED) is 0.764. The minimum Gasteiger partial charge on any atom is -0.237 e. The minimum absolute atomic E-state index is 0.562.